The fourth-order valence-electron chi connectivity index (χ4n) is 2.79. The fourth-order valence-corrected chi connectivity index (χ4v) is 3.93. The van der Waals surface area contributed by atoms with E-state index in [9.17, 15) is 9.59 Å². The zero-order valence-electron chi connectivity index (χ0n) is 16.7. The molecule has 0 saturated heterocycles. The number of furan rings is 1. The number of ether oxygens (including phenoxy) is 1. The summed E-state index contributed by atoms with van der Waals surface area (Å²) in [5, 5.41) is 3.10. The van der Waals surface area contributed by atoms with E-state index in [1.54, 1.807) is 17.5 Å². The summed E-state index contributed by atoms with van der Waals surface area (Å²) in [5.74, 6) is 0.265. The molecule has 2 aromatic carbocycles. The molecule has 0 atom stereocenters. The summed E-state index contributed by atoms with van der Waals surface area (Å²) in [5.41, 5.74) is 6.09. The van der Waals surface area contributed by atoms with Crippen LogP contribution in [0.2, 0.25) is 5.02 Å². The topological polar surface area (TPSA) is 93.5 Å². The summed E-state index contributed by atoms with van der Waals surface area (Å²) in [7, 11) is 0. The first-order valence-corrected chi connectivity index (χ1v) is 10.9. The molecule has 0 unspecified atom stereocenters. The number of thiazole rings is 1. The van der Waals surface area contributed by atoms with Gasteiger partial charge < -0.3 is 9.15 Å². The van der Waals surface area contributed by atoms with Gasteiger partial charge in [-0.15, -0.1) is 11.3 Å². The van der Waals surface area contributed by atoms with Crippen LogP contribution in [0.25, 0.3) is 10.6 Å². The van der Waals surface area contributed by atoms with Crippen LogP contribution in [0.15, 0.2) is 76.5 Å². The second kappa shape index (κ2) is 10.1. The summed E-state index contributed by atoms with van der Waals surface area (Å²) in [6.45, 7) is 0.182. The highest BCUT2D eigenvalue weighted by Gasteiger charge is 2.14. The summed E-state index contributed by atoms with van der Waals surface area (Å²) in [6.07, 6.45) is 0.00948. The number of nitrogens with zero attached hydrogens (tertiary/aromatic N) is 1. The van der Waals surface area contributed by atoms with Crippen molar-refractivity contribution < 1.29 is 18.7 Å². The molecule has 0 aliphatic carbocycles. The molecular formula is C23H18ClN3O4S. The van der Waals surface area contributed by atoms with Crippen LogP contribution < -0.4 is 15.6 Å². The molecule has 4 rings (SSSR count). The van der Waals surface area contributed by atoms with Crippen molar-refractivity contribution in [3.05, 3.63) is 94.3 Å². The Hall–Kier alpha value is -3.62. The Morgan fingerprint density at radius 1 is 1.00 bits per heavy atom. The van der Waals surface area contributed by atoms with Gasteiger partial charge in [0.1, 0.15) is 23.1 Å². The van der Waals surface area contributed by atoms with E-state index in [2.05, 4.69) is 15.8 Å². The van der Waals surface area contributed by atoms with Crippen molar-refractivity contribution in [2.45, 2.75) is 13.0 Å². The number of hydrogen-bond acceptors (Lipinski definition) is 6. The Kier molecular flexibility index (Phi) is 6.84. The van der Waals surface area contributed by atoms with Crippen LogP contribution in [0.5, 0.6) is 5.75 Å². The van der Waals surface area contributed by atoms with E-state index < -0.39 is 11.8 Å². The highest BCUT2D eigenvalue weighted by molar-refractivity contribution is 7.13. The third kappa shape index (κ3) is 5.54. The lowest BCUT2D eigenvalue weighted by Gasteiger charge is -2.05. The van der Waals surface area contributed by atoms with E-state index in [4.69, 9.17) is 20.8 Å². The largest absolute Gasteiger partial charge is 0.486 e. The standard InChI is InChI=1S/C23H18ClN3O4S/c24-19-9-5-4-8-18(19)23-25-15(14-32-23)12-21(28)26-27-22(29)20-11-10-17(31-20)13-30-16-6-2-1-3-7-16/h1-11,14H,12-13H2,(H,26,28)(H,27,29). The molecule has 0 saturated carbocycles. The highest BCUT2D eigenvalue weighted by Crippen LogP contribution is 2.30. The number of carbonyl (C=O) groups excluding carboxylic acids is 2. The molecule has 0 spiro atoms. The van der Waals surface area contributed by atoms with Crippen LogP contribution in [-0.2, 0) is 17.8 Å². The van der Waals surface area contributed by atoms with E-state index in [-0.39, 0.29) is 18.8 Å². The lowest BCUT2D eigenvalue weighted by atomic mass is 10.2. The summed E-state index contributed by atoms with van der Waals surface area (Å²) in [4.78, 5) is 28.9. The minimum absolute atomic E-state index is 0.00948. The van der Waals surface area contributed by atoms with Crippen LogP contribution >= 0.6 is 22.9 Å². The van der Waals surface area contributed by atoms with Crippen molar-refractivity contribution in [2.75, 3.05) is 0 Å². The summed E-state index contributed by atoms with van der Waals surface area (Å²) in [6, 6.07) is 19.8. The Balaban J connectivity index is 1.26. The van der Waals surface area contributed by atoms with Crippen molar-refractivity contribution in [1.29, 1.82) is 0 Å². The molecule has 7 nitrogen and oxygen atoms in total. The average Bonchev–Trinajstić information content (AvgIpc) is 3.47. The third-order valence-corrected chi connectivity index (χ3v) is 5.58. The van der Waals surface area contributed by atoms with Gasteiger partial charge >= 0.3 is 5.91 Å². The van der Waals surface area contributed by atoms with Gasteiger partial charge in [-0.2, -0.15) is 0 Å². The zero-order chi connectivity index (χ0) is 22.3. The van der Waals surface area contributed by atoms with E-state index in [1.807, 2.05) is 48.5 Å². The number of para-hydroxylation sites is 1. The van der Waals surface area contributed by atoms with Gasteiger partial charge in [-0.1, -0.05) is 48.0 Å². The number of benzene rings is 2. The van der Waals surface area contributed by atoms with Crippen molar-refractivity contribution >= 4 is 34.8 Å². The van der Waals surface area contributed by atoms with Crippen LogP contribution in [0.1, 0.15) is 22.0 Å². The van der Waals surface area contributed by atoms with Gasteiger partial charge in [0, 0.05) is 10.9 Å². The molecule has 2 aromatic heterocycles. The molecule has 0 radical (unpaired) electrons. The number of carbonyl (C=O) groups is 2. The number of rotatable bonds is 7. The molecule has 2 N–H and O–H groups in total. The second-order valence-electron chi connectivity index (χ2n) is 6.67. The summed E-state index contributed by atoms with van der Waals surface area (Å²) < 4.78 is 11.1. The van der Waals surface area contributed by atoms with Gasteiger partial charge in [0.05, 0.1) is 17.1 Å². The van der Waals surface area contributed by atoms with Crippen molar-refractivity contribution in [1.82, 2.24) is 15.8 Å². The lowest BCUT2D eigenvalue weighted by molar-refractivity contribution is -0.121. The Labute approximate surface area is 193 Å². The minimum Gasteiger partial charge on any atom is -0.486 e. The molecular weight excluding hydrogens is 450 g/mol. The monoisotopic (exact) mass is 467 g/mol. The molecule has 32 heavy (non-hydrogen) atoms. The minimum atomic E-state index is -0.570. The maximum absolute atomic E-state index is 12.2. The second-order valence-corrected chi connectivity index (χ2v) is 7.94. The smallest absolute Gasteiger partial charge is 0.305 e. The first-order chi connectivity index (χ1) is 15.6. The first-order valence-electron chi connectivity index (χ1n) is 9.63. The van der Waals surface area contributed by atoms with Crippen LogP contribution in [0.4, 0.5) is 0 Å². The van der Waals surface area contributed by atoms with E-state index in [1.165, 1.54) is 17.4 Å². The first kappa shape index (κ1) is 21.6. The highest BCUT2D eigenvalue weighted by atomic mass is 35.5. The molecule has 9 heteroatoms. The molecule has 0 aliphatic heterocycles. The van der Waals surface area contributed by atoms with Gasteiger partial charge in [0.15, 0.2) is 5.76 Å². The van der Waals surface area contributed by atoms with Crippen LogP contribution in [0.3, 0.4) is 0 Å². The van der Waals surface area contributed by atoms with Gasteiger partial charge in [-0.05, 0) is 30.3 Å². The SMILES string of the molecule is O=C(Cc1csc(-c2ccccc2Cl)n1)NNC(=O)c1ccc(COc2ccccc2)o1. The number of hydrogen-bond donors (Lipinski definition) is 2. The third-order valence-electron chi connectivity index (χ3n) is 4.32. The molecule has 0 aliphatic rings. The number of halogens is 1. The van der Waals surface area contributed by atoms with Crippen molar-refractivity contribution in [2.24, 2.45) is 0 Å². The van der Waals surface area contributed by atoms with Crippen molar-refractivity contribution in [3.63, 3.8) is 0 Å². The predicted molar refractivity (Wildman–Crippen MR) is 121 cm³/mol. The van der Waals surface area contributed by atoms with Crippen molar-refractivity contribution in [3.8, 4) is 16.3 Å². The quantitative estimate of drug-likeness (QED) is 0.386. The molecule has 4 aromatic rings. The van der Waals surface area contributed by atoms with Crippen LogP contribution in [0, 0.1) is 0 Å². The molecule has 2 heterocycles. The number of amides is 2. The van der Waals surface area contributed by atoms with E-state index in [0.29, 0.717) is 22.2 Å². The Morgan fingerprint density at radius 3 is 2.59 bits per heavy atom. The normalized spacial score (nSPS) is 10.5. The van der Waals surface area contributed by atoms with E-state index in [0.717, 1.165) is 10.6 Å². The number of aromatic nitrogens is 1. The van der Waals surface area contributed by atoms with Crippen LogP contribution in [-0.4, -0.2) is 16.8 Å². The Morgan fingerprint density at radius 2 is 1.78 bits per heavy atom. The maximum atomic E-state index is 12.2. The number of hydrazine groups is 1. The van der Waals surface area contributed by atoms with Gasteiger partial charge in [-0.3, -0.25) is 20.4 Å². The maximum Gasteiger partial charge on any atom is 0.305 e. The lowest BCUT2D eigenvalue weighted by Crippen LogP contribution is -2.42. The number of nitrogens with one attached hydrogen (secondary N) is 2. The van der Waals surface area contributed by atoms with Gasteiger partial charge in [-0.25, -0.2) is 4.98 Å². The Bertz CT molecular complexity index is 1220. The molecule has 0 fully saturated rings. The predicted octanol–water partition coefficient (Wildman–Crippen LogP) is 4.64. The average molecular weight is 468 g/mol. The van der Waals surface area contributed by atoms with Gasteiger partial charge in [0.2, 0.25) is 5.91 Å². The molecule has 0 bridgehead atoms. The molecule has 2 amide bonds. The molecule has 162 valence electrons. The summed E-state index contributed by atoms with van der Waals surface area (Å²) >= 11 is 7.59. The van der Waals surface area contributed by atoms with Gasteiger partial charge in [0.25, 0.3) is 0 Å². The fraction of sp³-hybridized carbons (Fsp3) is 0.0870. The van der Waals surface area contributed by atoms with E-state index >= 15 is 0 Å². The zero-order valence-corrected chi connectivity index (χ0v) is 18.3.